The second-order valence-corrected chi connectivity index (χ2v) is 5.76. The molecule has 0 aliphatic carbocycles. The van der Waals surface area contributed by atoms with Crippen LogP contribution in [0.15, 0.2) is 29.7 Å². The highest BCUT2D eigenvalue weighted by molar-refractivity contribution is 6.01. The molecule has 2 aliphatic heterocycles. The van der Waals surface area contributed by atoms with Crippen molar-refractivity contribution in [3.8, 4) is 11.3 Å². The molecular weight excluding hydrogens is 306 g/mol. The first-order valence-corrected chi connectivity index (χ1v) is 8.15. The van der Waals surface area contributed by atoms with E-state index in [1.165, 1.54) is 4.68 Å². The molecule has 0 atom stereocenters. The van der Waals surface area contributed by atoms with Crippen LogP contribution in [0.2, 0.25) is 0 Å². The number of fused-ring (bicyclic) bond motifs is 3. The van der Waals surface area contributed by atoms with Crippen LogP contribution in [0.25, 0.3) is 22.3 Å². The Bertz CT molecular complexity index is 902. The predicted octanol–water partition coefficient (Wildman–Crippen LogP) is 2.26. The van der Waals surface area contributed by atoms with Crippen molar-refractivity contribution in [2.24, 2.45) is 0 Å². The number of H-pyrrole nitrogens is 2. The van der Waals surface area contributed by atoms with Gasteiger partial charge in [0.2, 0.25) is 0 Å². The highest BCUT2D eigenvalue weighted by Gasteiger charge is 2.20. The van der Waals surface area contributed by atoms with Crippen molar-refractivity contribution in [3.63, 3.8) is 0 Å². The molecule has 7 nitrogen and oxygen atoms in total. The number of nitrogens with zero attached hydrogens (tertiary/aromatic N) is 2. The van der Waals surface area contributed by atoms with Gasteiger partial charge in [0.25, 0.3) is 11.5 Å². The SMILES string of the molecule is C=CCNC(=O)c1cc2c3nn(CCCCC)c(=O)c-3c[nH]c2[nH]1. The summed E-state index contributed by atoms with van der Waals surface area (Å²) in [7, 11) is 0. The zero-order valence-corrected chi connectivity index (χ0v) is 13.7. The van der Waals surface area contributed by atoms with Gasteiger partial charge >= 0.3 is 0 Å². The number of aryl methyl sites for hydroxylation is 1. The zero-order chi connectivity index (χ0) is 17.1. The topological polar surface area (TPSA) is 95.6 Å². The highest BCUT2D eigenvalue weighted by atomic mass is 16.2. The summed E-state index contributed by atoms with van der Waals surface area (Å²) in [4.78, 5) is 30.6. The number of hydrogen-bond acceptors (Lipinski definition) is 3. The first-order valence-electron chi connectivity index (χ1n) is 8.15. The molecule has 1 aromatic rings. The van der Waals surface area contributed by atoms with E-state index in [2.05, 4.69) is 33.9 Å². The van der Waals surface area contributed by atoms with Crippen molar-refractivity contribution in [1.82, 2.24) is 25.1 Å². The van der Waals surface area contributed by atoms with Crippen LogP contribution in [0.1, 0.15) is 36.7 Å². The second-order valence-electron chi connectivity index (χ2n) is 5.76. The standard InChI is InChI=1S/C17H21N5O2/c1-3-5-6-8-22-17(24)12-10-19-15-11(14(12)21-22)9-13(20-15)16(23)18-7-4-2/h4,9-10,19-20H,2-3,5-8H2,1H3,(H,18,23). The molecule has 0 saturated carbocycles. The Hall–Kier alpha value is -2.83. The number of carbonyl (C=O) groups excluding carboxylic acids is 1. The van der Waals surface area contributed by atoms with Crippen LogP contribution in [-0.2, 0) is 6.54 Å². The molecule has 0 unspecified atom stereocenters. The van der Waals surface area contributed by atoms with E-state index in [1.54, 1.807) is 18.3 Å². The van der Waals surface area contributed by atoms with Gasteiger partial charge in [0.05, 0.1) is 5.56 Å². The second kappa shape index (κ2) is 6.74. The molecule has 0 fully saturated rings. The third-order valence-corrected chi connectivity index (χ3v) is 4.00. The molecule has 3 rings (SSSR count). The molecule has 1 aromatic heterocycles. The first kappa shape index (κ1) is 16.0. The van der Waals surface area contributed by atoms with E-state index in [1.807, 2.05) is 0 Å². The van der Waals surface area contributed by atoms with Crippen molar-refractivity contribution >= 4 is 16.9 Å². The summed E-state index contributed by atoms with van der Waals surface area (Å²) in [6.07, 6.45) is 6.34. The lowest BCUT2D eigenvalue weighted by Crippen LogP contribution is -2.23. The minimum Gasteiger partial charge on any atom is -0.347 e. The van der Waals surface area contributed by atoms with E-state index in [-0.39, 0.29) is 11.5 Å². The molecule has 0 spiro atoms. The Labute approximate surface area is 139 Å². The van der Waals surface area contributed by atoms with Crippen LogP contribution in [0.3, 0.4) is 0 Å². The summed E-state index contributed by atoms with van der Waals surface area (Å²) in [5, 5.41) is 7.92. The fraction of sp³-hybridized carbons (Fsp3) is 0.353. The minimum absolute atomic E-state index is 0.0990. The van der Waals surface area contributed by atoms with Gasteiger partial charge in [-0.2, -0.15) is 5.10 Å². The van der Waals surface area contributed by atoms with Crippen LogP contribution < -0.4 is 10.9 Å². The molecular formula is C17H21N5O2. The van der Waals surface area contributed by atoms with E-state index >= 15 is 0 Å². The molecule has 0 aromatic carbocycles. The quantitative estimate of drug-likeness (QED) is 0.459. The van der Waals surface area contributed by atoms with E-state index in [0.29, 0.717) is 35.7 Å². The molecule has 7 heteroatoms. The van der Waals surface area contributed by atoms with Crippen LogP contribution in [-0.4, -0.2) is 32.2 Å². The Morgan fingerprint density at radius 2 is 2.29 bits per heavy atom. The third-order valence-electron chi connectivity index (χ3n) is 4.00. The van der Waals surface area contributed by atoms with Gasteiger partial charge in [-0.3, -0.25) is 9.59 Å². The first-order chi connectivity index (χ1) is 11.7. The summed E-state index contributed by atoms with van der Waals surface area (Å²) < 4.78 is 1.51. The number of nitrogens with one attached hydrogen (secondary N) is 3. The monoisotopic (exact) mass is 327 g/mol. The summed E-state index contributed by atoms with van der Waals surface area (Å²) in [5.74, 6) is -0.225. The largest absolute Gasteiger partial charge is 0.347 e. The Morgan fingerprint density at radius 3 is 3.04 bits per heavy atom. The normalized spacial score (nSPS) is 11.2. The Kier molecular flexibility index (Phi) is 4.50. The van der Waals surface area contributed by atoms with Crippen molar-refractivity contribution in [2.75, 3.05) is 6.54 Å². The Morgan fingerprint density at radius 1 is 1.46 bits per heavy atom. The van der Waals surface area contributed by atoms with Gasteiger partial charge in [-0.15, -0.1) is 6.58 Å². The fourth-order valence-electron chi connectivity index (χ4n) is 2.73. The van der Waals surface area contributed by atoms with E-state index in [9.17, 15) is 9.59 Å². The Balaban J connectivity index is 1.98. The number of carbonyl (C=O) groups is 1. The number of hydrogen-bond donors (Lipinski definition) is 3. The van der Waals surface area contributed by atoms with Crippen LogP contribution in [0.4, 0.5) is 0 Å². The van der Waals surface area contributed by atoms with Gasteiger partial charge in [0.1, 0.15) is 17.0 Å². The summed E-state index contributed by atoms with van der Waals surface area (Å²) in [6, 6.07) is 1.72. The van der Waals surface area contributed by atoms with E-state index < -0.39 is 0 Å². The zero-order valence-electron chi connectivity index (χ0n) is 13.7. The van der Waals surface area contributed by atoms with Crippen molar-refractivity contribution in [2.45, 2.75) is 32.7 Å². The summed E-state index contributed by atoms with van der Waals surface area (Å²) in [5.41, 5.74) is 2.14. The molecule has 126 valence electrons. The number of pyridine rings is 1. The van der Waals surface area contributed by atoms with Gasteiger partial charge in [0, 0.05) is 24.7 Å². The summed E-state index contributed by atoms with van der Waals surface area (Å²) >= 11 is 0. The van der Waals surface area contributed by atoms with Crippen LogP contribution in [0.5, 0.6) is 0 Å². The maximum absolute atomic E-state index is 12.4. The molecule has 3 N–H and O–H groups in total. The third kappa shape index (κ3) is 2.84. The van der Waals surface area contributed by atoms with Crippen molar-refractivity contribution in [1.29, 1.82) is 0 Å². The molecule has 0 bridgehead atoms. The maximum Gasteiger partial charge on any atom is 0.277 e. The highest BCUT2D eigenvalue weighted by Crippen LogP contribution is 2.26. The van der Waals surface area contributed by atoms with Gasteiger partial charge in [-0.1, -0.05) is 25.8 Å². The molecule has 3 heterocycles. The molecule has 2 aliphatic rings. The van der Waals surface area contributed by atoms with Crippen molar-refractivity contribution in [3.05, 3.63) is 41.0 Å². The molecule has 0 radical (unpaired) electrons. The number of aromatic amines is 2. The van der Waals surface area contributed by atoms with Crippen molar-refractivity contribution < 1.29 is 4.79 Å². The lowest BCUT2D eigenvalue weighted by atomic mass is 10.1. The van der Waals surface area contributed by atoms with Gasteiger partial charge < -0.3 is 15.3 Å². The number of amides is 1. The summed E-state index contributed by atoms with van der Waals surface area (Å²) in [6.45, 7) is 6.70. The average Bonchev–Trinajstić information content (AvgIpc) is 3.15. The number of aromatic nitrogens is 4. The van der Waals surface area contributed by atoms with Crippen LogP contribution in [0, 0.1) is 0 Å². The average molecular weight is 327 g/mol. The van der Waals surface area contributed by atoms with E-state index in [4.69, 9.17) is 0 Å². The fourth-order valence-corrected chi connectivity index (χ4v) is 2.73. The van der Waals surface area contributed by atoms with Gasteiger partial charge in [0.15, 0.2) is 0 Å². The van der Waals surface area contributed by atoms with Gasteiger partial charge in [-0.05, 0) is 12.5 Å². The van der Waals surface area contributed by atoms with Crippen LogP contribution >= 0.6 is 0 Å². The minimum atomic E-state index is -0.225. The van der Waals surface area contributed by atoms with E-state index in [0.717, 1.165) is 24.6 Å². The smallest absolute Gasteiger partial charge is 0.277 e. The van der Waals surface area contributed by atoms with Gasteiger partial charge in [-0.25, -0.2) is 4.68 Å². The molecule has 24 heavy (non-hydrogen) atoms. The molecule has 1 amide bonds. The lowest BCUT2D eigenvalue weighted by Gasteiger charge is -1.97. The molecule has 0 saturated heterocycles. The lowest BCUT2D eigenvalue weighted by molar-refractivity contribution is 0.0954. The number of unbranched alkanes of at least 4 members (excludes halogenated alkanes) is 2. The predicted molar refractivity (Wildman–Crippen MR) is 93.4 cm³/mol. The maximum atomic E-state index is 12.4. The number of rotatable bonds is 7.